The van der Waals surface area contributed by atoms with E-state index in [9.17, 15) is 4.39 Å². The third-order valence-corrected chi connectivity index (χ3v) is 3.48. The smallest absolute Gasteiger partial charge is 0.126 e. The molecule has 1 nitrogen and oxygen atoms in total. The molecular weight excluding hydrogens is 237 g/mol. The summed E-state index contributed by atoms with van der Waals surface area (Å²) in [5, 5.41) is 3.48. The van der Waals surface area contributed by atoms with Crippen LogP contribution in [-0.4, -0.2) is 13.1 Å². The van der Waals surface area contributed by atoms with Gasteiger partial charge in [-0.3, -0.25) is 0 Å². The Morgan fingerprint density at radius 2 is 1.89 bits per heavy atom. The van der Waals surface area contributed by atoms with Crippen LogP contribution in [0.2, 0.25) is 0 Å². The average Bonchev–Trinajstić information content (AvgIpc) is 2.38. The molecule has 19 heavy (non-hydrogen) atoms. The number of rotatable bonds is 9. The van der Waals surface area contributed by atoms with Crippen molar-refractivity contribution in [2.75, 3.05) is 13.1 Å². The molecule has 0 heterocycles. The second-order valence-electron chi connectivity index (χ2n) is 5.84. The number of hydrogen-bond donors (Lipinski definition) is 1. The molecule has 0 amide bonds. The van der Waals surface area contributed by atoms with E-state index in [-0.39, 0.29) is 5.82 Å². The van der Waals surface area contributed by atoms with Crippen LogP contribution in [0.1, 0.15) is 45.6 Å². The standard InChI is InChI=1S/C17H28FN/c1-4-11-19-13-15(10-9-14(2)3)12-16-7-5-6-8-17(16)18/h5-8,14-15,19H,4,9-13H2,1-3H3. The Morgan fingerprint density at radius 1 is 1.16 bits per heavy atom. The minimum atomic E-state index is -0.0625. The zero-order valence-corrected chi connectivity index (χ0v) is 12.6. The number of halogens is 1. The van der Waals surface area contributed by atoms with Crippen molar-refractivity contribution in [3.05, 3.63) is 35.6 Å². The first-order valence-electron chi connectivity index (χ1n) is 7.57. The highest BCUT2D eigenvalue weighted by Gasteiger charge is 2.12. The predicted octanol–water partition coefficient (Wildman–Crippen LogP) is 4.42. The van der Waals surface area contributed by atoms with E-state index in [1.54, 1.807) is 12.1 Å². The molecule has 0 aliphatic rings. The largest absolute Gasteiger partial charge is 0.316 e. The molecule has 0 saturated carbocycles. The molecule has 0 fully saturated rings. The highest BCUT2D eigenvalue weighted by molar-refractivity contribution is 5.17. The SMILES string of the molecule is CCCNCC(CCC(C)C)Cc1ccccc1F. The third-order valence-electron chi connectivity index (χ3n) is 3.48. The van der Waals surface area contributed by atoms with Crippen molar-refractivity contribution in [1.29, 1.82) is 0 Å². The summed E-state index contributed by atoms with van der Waals surface area (Å²) in [7, 11) is 0. The van der Waals surface area contributed by atoms with Crippen LogP contribution in [0.25, 0.3) is 0 Å². The highest BCUT2D eigenvalue weighted by atomic mass is 19.1. The summed E-state index contributed by atoms with van der Waals surface area (Å²) in [6.07, 6.45) is 4.38. The molecule has 1 N–H and O–H groups in total. The lowest BCUT2D eigenvalue weighted by molar-refractivity contribution is 0.394. The first kappa shape index (κ1) is 16.2. The number of benzene rings is 1. The molecule has 0 saturated heterocycles. The van der Waals surface area contributed by atoms with Crippen molar-refractivity contribution < 1.29 is 4.39 Å². The van der Waals surface area contributed by atoms with E-state index in [0.717, 1.165) is 31.5 Å². The summed E-state index contributed by atoms with van der Waals surface area (Å²) in [5.74, 6) is 1.19. The first-order chi connectivity index (χ1) is 9.13. The van der Waals surface area contributed by atoms with E-state index in [0.29, 0.717) is 11.8 Å². The van der Waals surface area contributed by atoms with Gasteiger partial charge in [0.05, 0.1) is 0 Å². The molecule has 1 rings (SSSR count). The van der Waals surface area contributed by atoms with Crippen molar-refractivity contribution in [1.82, 2.24) is 5.32 Å². The summed E-state index contributed by atoms with van der Waals surface area (Å²) in [6.45, 7) is 8.72. The molecule has 0 aromatic heterocycles. The van der Waals surface area contributed by atoms with Crippen LogP contribution in [0.3, 0.4) is 0 Å². The van der Waals surface area contributed by atoms with Gasteiger partial charge < -0.3 is 5.32 Å². The van der Waals surface area contributed by atoms with Crippen molar-refractivity contribution in [2.45, 2.75) is 46.5 Å². The summed E-state index contributed by atoms with van der Waals surface area (Å²) in [5.41, 5.74) is 0.856. The molecule has 1 atom stereocenters. The maximum Gasteiger partial charge on any atom is 0.126 e. The van der Waals surface area contributed by atoms with Crippen LogP contribution in [0.15, 0.2) is 24.3 Å². The molecule has 0 aliphatic carbocycles. The van der Waals surface area contributed by atoms with E-state index in [1.807, 2.05) is 12.1 Å². The van der Waals surface area contributed by atoms with Crippen molar-refractivity contribution in [3.63, 3.8) is 0 Å². The van der Waals surface area contributed by atoms with E-state index in [4.69, 9.17) is 0 Å². The molecule has 0 radical (unpaired) electrons. The minimum absolute atomic E-state index is 0.0625. The zero-order valence-electron chi connectivity index (χ0n) is 12.6. The van der Waals surface area contributed by atoms with Crippen LogP contribution in [0, 0.1) is 17.7 Å². The molecule has 2 heteroatoms. The lowest BCUT2D eigenvalue weighted by Gasteiger charge is -2.19. The quantitative estimate of drug-likeness (QED) is 0.652. The van der Waals surface area contributed by atoms with Gasteiger partial charge in [0, 0.05) is 0 Å². The van der Waals surface area contributed by atoms with Crippen molar-refractivity contribution in [2.24, 2.45) is 11.8 Å². The monoisotopic (exact) mass is 265 g/mol. The summed E-state index contributed by atoms with van der Waals surface area (Å²) < 4.78 is 13.7. The van der Waals surface area contributed by atoms with Crippen LogP contribution in [-0.2, 0) is 6.42 Å². The fraction of sp³-hybridized carbons (Fsp3) is 0.647. The molecule has 0 aliphatic heterocycles. The Labute approximate surface area is 117 Å². The normalized spacial score (nSPS) is 12.9. The zero-order chi connectivity index (χ0) is 14.1. The van der Waals surface area contributed by atoms with E-state index in [1.165, 1.54) is 12.8 Å². The fourth-order valence-corrected chi connectivity index (χ4v) is 2.30. The summed E-state index contributed by atoms with van der Waals surface area (Å²) in [6, 6.07) is 7.17. The third kappa shape index (κ3) is 6.72. The van der Waals surface area contributed by atoms with Gasteiger partial charge in [0.2, 0.25) is 0 Å². The van der Waals surface area contributed by atoms with Crippen LogP contribution >= 0.6 is 0 Å². The minimum Gasteiger partial charge on any atom is -0.316 e. The fourth-order valence-electron chi connectivity index (χ4n) is 2.30. The highest BCUT2D eigenvalue weighted by Crippen LogP contribution is 2.18. The molecule has 1 aromatic rings. The number of hydrogen-bond acceptors (Lipinski definition) is 1. The van der Waals surface area contributed by atoms with Crippen LogP contribution in [0.4, 0.5) is 4.39 Å². The molecule has 0 spiro atoms. The van der Waals surface area contributed by atoms with Gasteiger partial charge in [-0.15, -0.1) is 0 Å². The van der Waals surface area contributed by atoms with Crippen molar-refractivity contribution >= 4 is 0 Å². The molecular formula is C17H28FN. The van der Waals surface area contributed by atoms with Crippen molar-refractivity contribution in [3.8, 4) is 0 Å². The van der Waals surface area contributed by atoms with Crippen LogP contribution < -0.4 is 5.32 Å². The van der Waals surface area contributed by atoms with Gasteiger partial charge in [-0.25, -0.2) is 4.39 Å². The van der Waals surface area contributed by atoms with Gasteiger partial charge in [0.1, 0.15) is 5.82 Å². The Hall–Kier alpha value is -0.890. The average molecular weight is 265 g/mol. The lowest BCUT2D eigenvalue weighted by atomic mass is 9.91. The molecule has 1 unspecified atom stereocenters. The molecule has 108 valence electrons. The van der Waals surface area contributed by atoms with E-state index < -0.39 is 0 Å². The van der Waals surface area contributed by atoms with Gasteiger partial charge in [-0.2, -0.15) is 0 Å². The van der Waals surface area contributed by atoms with Crippen LogP contribution in [0.5, 0.6) is 0 Å². The van der Waals surface area contributed by atoms with Gasteiger partial charge >= 0.3 is 0 Å². The Bertz CT molecular complexity index is 349. The maximum absolute atomic E-state index is 13.7. The number of nitrogens with one attached hydrogen (secondary N) is 1. The first-order valence-corrected chi connectivity index (χ1v) is 7.57. The van der Waals surface area contributed by atoms with E-state index in [2.05, 4.69) is 26.1 Å². The second-order valence-corrected chi connectivity index (χ2v) is 5.84. The summed E-state index contributed by atoms with van der Waals surface area (Å²) in [4.78, 5) is 0. The van der Waals surface area contributed by atoms with Gasteiger partial charge in [-0.1, -0.05) is 45.4 Å². The topological polar surface area (TPSA) is 12.0 Å². The van der Waals surface area contributed by atoms with Gasteiger partial charge in [-0.05, 0) is 55.8 Å². The maximum atomic E-state index is 13.7. The lowest BCUT2D eigenvalue weighted by Crippen LogP contribution is -2.25. The second kappa shape index (κ2) is 9.08. The summed E-state index contributed by atoms with van der Waals surface area (Å²) >= 11 is 0. The Balaban J connectivity index is 2.54. The van der Waals surface area contributed by atoms with E-state index >= 15 is 0 Å². The molecule has 0 bridgehead atoms. The predicted molar refractivity (Wildman–Crippen MR) is 80.8 cm³/mol. The Kier molecular flexibility index (Phi) is 7.73. The van der Waals surface area contributed by atoms with Gasteiger partial charge in [0.15, 0.2) is 0 Å². The van der Waals surface area contributed by atoms with Gasteiger partial charge in [0.25, 0.3) is 0 Å². The molecule has 1 aromatic carbocycles. The Morgan fingerprint density at radius 3 is 2.53 bits per heavy atom.